The molecule has 1 aliphatic rings. The lowest BCUT2D eigenvalue weighted by molar-refractivity contribution is -0.0877. The molecule has 0 aromatic heterocycles. The van der Waals surface area contributed by atoms with Crippen molar-refractivity contribution in [2.75, 3.05) is 6.61 Å². The first kappa shape index (κ1) is 21.9. The number of ether oxygens (including phenoxy) is 2. The topological polar surface area (TPSA) is 18.5 Å². The molecule has 2 atom stereocenters. The maximum atomic E-state index is 6.39. The molecule has 1 fully saturated rings. The fraction of sp³-hybridized carbons (Fsp3) is 0.448. The van der Waals surface area contributed by atoms with Crippen molar-refractivity contribution in [1.82, 2.24) is 0 Å². The molecule has 3 aromatic carbocycles. The highest BCUT2D eigenvalue weighted by atomic mass is 16.7. The SMILES string of the molecule is CCC(C)c1ccc(OC(OCCC2CCCCC2)c2ccc3ccccc3c2)cc1. The number of rotatable bonds is 9. The molecule has 0 amide bonds. The molecule has 0 bridgehead atoms. The summed E-state index contributed by atoms with van der Waals surface area (Å²) in [6.45, 7) is 5.24. The Bertz CT molecular complexity index is 940. The Morgan fingerprint density at radius 1 is 0.839 bits per heavy atom. The largest absolute Gasteiger partial charge is 0.461 e. The van der Waals surface area contributed by atoms with Crippen LogP contribution >= 0.6 is 0 Å². The van der Waals surface area contributed by atoms with Gasteiger partial charge in [-0.25, -0.2) is 0 Å². The summed E-state index contributed by atoms with van der Waals surface area (Å²) in [4.78, 5) is 0. The van der Waals surface area contributed by atoms with Crippen LogP contribution in [0.5, 0.6) is 5.75 Å². The maximum Gasteiger partial charge on any atom is 0.226 e. The molecule has 2 unspecified atom stereocenters. The molecule has 1 aliphatic carbocycles. The Morgan fingerprint density at radius 2 is 1.55 bits per heavy atom. The van der Waals surface area contributed by atoms with E-state index in [2.05, 4.69) is 80.6 Å². The van der Waals surface area contributed by atoms with Gasteiger partial charge in [0.05, 0.1) is 6.61 Å². The quantitative estimate of drug-likeness (QED) is 0.326. The van der Waals surface area contributed by atoms with Crippen LogP contribution in [0.3, 0.4) is 0 Å². The van der Waals surface area contributed by atoms with Gasteiger partial charge in [-0.3, -0.25) is 0 Å². The van der Waals surface area contributed by atoms with Crippen LogP contribution in [0.25, 0.3) is 10.8 Å². The van der Waals surface area contributed by atoms with E-state index >= 15 is 0 Å². The first-order valence-electron chi connectivity index (χ1n) is 12.1. The van der Waals surface area contributed by atoms with E-state index in [1.807, 2.05) is 0 Å². The van der Waals surface area contributed by atoms with Crippen LogP contribution in [0.2, 0.25) is 0 Å². The fourth-order valence-corrected chi connectivity index (χ4v) is 4.60. The van der Waals surface area contributed by atoms with Crippen molar-refractivity contribution in [3.05, 3.63) is 77.9 Å². The predicted molar refractivity (Wildman–Crippen MR) is 130 cm³/mol. The average molecular weight is 417 g/mol. The number of benzene rings is 3. The molecule has 31 heavy (non-hydrogen) atoms. The molecule has 3 aromatic rings. The summed E-state index contributed by atoms with van der Waals surface area (Å²) in [6.07, 6.45) is 8.72. The van der Waals surface area contributed by atoms with Gasteiger partial charge < -0.3 is 9.47 Å². The molecule has 2 heteroatoms. The van der Waals surface area contributed by atoms with E-state index in [1.165, 1.54) is 48.4 Å². The Labute approximate surface area is 187 Å². The second-order valence-electron chi connectivity index (χ2n) is 9.10. The van der Waals surface area contributed by atoms with Crippen LogP contribution in [-0.4, -0.2) is 6.61 Å². The van der Waals surface area contributed by atoms with Gasteiger partial charge in [-0.1, -0.05) is 94.5 Å². The summed E-state index contributed by atoms with van der Waals surface area (Å²) < 4.78 is 12.7. The molecule has 0 saturated heterocycles. The smallest absolute Gasteiger partial charge is 0.226 e. The first-order valence-corrected chi connectivity index (χ1v) is 12.1. The summed E-state index contributed by atoms with van der Waals surface area (Å²) in [5.74, 6) is 2.24. The molecule has 0 N–H and O–H groups in total. The molecule has 0 heterocycles. The average Bonchev–Trinajstić information content (AvgIpc) is 2.83. The van der Waals surface area contributed by atoms with Gasteiger partial charge in [0, 0.05) is 5.56 Å². The molecule has 0 aliphatic heterocycles. The predicted octanol–water partition coefficient (Wildman–Crippen LogP) is 8.42. The van der Waals surface area contributed by atoms with Gasteiger partial charge in [0.25, 0.3) is 0 Å². The molecule has 1 saturated carbocycles. The molecule has 4 rings (SSSR count). The van der Waals surface area contributed by atoms with Gasteiger partial charge in [-0.15, -0.1) is 0 Å². The first-order chi connectivity index (χ1) is 15.2. The molecule has 0 radical (unpaired) electrons. The summed E-state index contributed by atoms with van der Waals surface area (Å²) in [5, 5.41) is 2.46. The highest BCUT2D eigenvalue weighted by molar-refractivity contribution is 5.83. The summed E-state index contributed by atoms with van der Waals surface area (Å²) in [6, 6.07) is 23.5. The summed E-state index contributed by atoms with van der Waals surface area (Å²) in [5.41, 5.74) is 2.43. The van der Waals surface area contributed by atoms with Crippen LogP contribution in [-0.2, 0) is 4.74 Å². The Balaban J connectivity index is 1.49. The van der Waals surface area contributed by atoms with E-state index in [9.17, 15) is 0 Å². The molecular weight excluding hydrogens is 380 g/mol. The van der Waals surface area contributed by atoms with Crippen molar-refractivity contribution in [2.45, 2.75) is 71.0 Å². The minimum absolute atomic E-state index is 0.386. The van der Waals surface area contributed by atoms with Gasteiger partial charge in [-0.2, -0.15) is 0 Å². The van der Waals surface area contributed by atoms with Crippen molar-refractivity contribution >= 4 is 10.8 Å². The van der Waals surface area contributed by atoms with Crippen LogP contribution in [0.4, 0.5) is 0 Å². The zero-order valence-corrected chi connectivity index (χ0v) is 19.1. The van der Waals surface area contributed by atoms with E-state index in [1.54, 1.807) is 0 Å². The number of hydrogen-bond acceptors (Lipinski definition) is 2. The second kappa shape index (κ2) is 10.8. The van der Waals surface area contributed by atoms with E-state index in [4.69, 9.17) is 9.47 Å². The highest BCUT2D eigenvalue weighted by Crippen LogP contribution is 2.30. The second-order valence-corrected chi connectivity index (χ2v) is 9.10. The Hall–Kier alpha value is -2.32. The third-order valence-corrected chi connectivity index (χ3v) is 6.87. The molecule has 164 valence electrons. The van der Waals surface area contributed by atoms with E-state index in [0.29, 0.717) is 5.92 Å². The van der Waals surface area contributed by atoms with Crippen LogP contribution in [0.15, 0.2) is 66.7 Å². The third kappa shape index (κ3) is 5.89. The zero-order valence-electron chi connectivity index (χ0n) is 19.1. The van der Waals surface area contributed by atoms with Crippen molar-refractivity contribution in [3.8, 4) is 5.75 Å². The van der Waals surface area contributed by atoms with Crippen LogP contribution in [0.1, 0.15) is 82.1 Å². The fourth-order valence-electron chi connectivity index (χ4n) is 4.60. The lowest BCUT2D eigenvalue weighted by Gasteiger charge is -2.24. The van der Waals surface area contributed by atoms with Gasteiger partial charge in [0.15, 0.2) is 0 Å². The van der Waals surface area contributed by atoms with Gasteiger partial charge in [0.2, 0.25) is 6.29 Å². The van der Waals surface area contributed by atoms with Gasteiger partial charge >= 0.3 is 0 Å². The minimum Gasteiger partial charge on any atom is -0.461 e. The highest BCUT2D eigenvalue weighted by Gasteiger charge is 2.18. The molecule has 0 spiro atoms. The van der Waals surface area contributed by atoms with Crippen molar-refractivity contribution in [2.24, 2.45) is 5.92 Å². The summed E-state index contributed by atoms with van der Waals surface area (Å²) in [7, 11) is 0. The minimum atomic E-state index is -0.386. The number of hydrogen-bond donors (Lipinski definition) is 0. The standard InChI is InChI=1S/C29H36O2/c1-3-22(2)24-15-17-28(18-16-24)31-29(30-20-19-23-9-5-4-6-10-23)27-14-13-25-11-7-8-12-26(25)21-27/h7-8,11-18,21-23,29H,3-6,9-10,19-20H2,1-2H3. The van der Waals surface area contributed by atoms with Crippen molar-refractivity contribution in [1.29, 1.82) is 0 Å². The lowest BCUT2D eigenvalue weighted by atomic mass is 9.87. The number of fused-ring (bicyclic) bond motifs is 1. The normalized spacial score (nSPS) is 16.8. The van der Waals surface area contributed by atoms with E-state index < -0.39 is 0 Å². The lowest BCUT2D eigenvalue weighted by Crippen LogP contribution is -2.16. The van der Waals surface area contributed by atoms with Gasteiger partial charge in [0.1, 0.15) is 5.75 Å². The third-order valence-electron chi connectivity index (χ3n) is 6.87. The molecule has 2 nitrogen and oxygen atoms in total. The van der Waals surface area contributed by atoms with Crippen LogP contribution < -0.4 is 4.74 Å². The Morgan fingerprint density at radius 3 is 2.29 bits per heavy atom. The summed E-state index contributed by atoms with van der Waals surface area (Å²) >= 11 is 0. The Kier molecular flexibility index (Phi) is 7.64. The van der Waals surface area contributed by atoms with Crippen LogP contribution in [0, 0.1) is 5.92 Å². The monoisotopic (exact) mass is 416 g/mol. The van der Waals surface area contributed by atoms with Gasteiger partial charge in [-0.05, 0) is 59.2 Å². The van der Waals surface area contributed by atoms with Crippen molar-refractivity contribution < 1.29 is 9.47 Å². The van der Waals surface area contributed by atoms with E-state index in [-0.39, 0.29) is 6.29 Å². The zero-order chi connectivity index (χ0) is 21.5. The van der Waals surface area contributed by atoms with Crippen molar-refractivity contribution in [3.63, 3.8) is 0 Å². The maximum absolute atomic E-state index is 6.39. The van der Waals surface area contributed by atoms with E-state index in [0.717, 1.165) is 36.7 Å². The molecular formula is C29H36O2.